The minimum Gasteiger partial charge on any atom is -0.376 e. The second kappa shape index (κ2) is 6.15. The quantitative estimate of drug-likeness (QED) is 0.356. The molecule has 11 heteroatoms. The van der Waals surface area contributed by atoms with E-state index in [2.05, 4.69) is 5.32 Å². The third-order valence-corrected chi connectivity index (χ3v) is 8.13. The monoisotopic (exact) mass is 376 g/mol. The molecule has 0 aromatic carbocycles. The molecular weight excluding hydrogens is 360 g/mol. The summed E-state index contributed by atoms with van der Waals surface area (Å²) in [4.78, 5) is 1.37. The van der Waals surface area contributed by atoms with Gasteiger partial charge in [-0.1, -0.05) is 0 Å². The Kier molecular flexibility index (Phi) is 5.04. The third kappa shape index (κ3) is 4.19. The Bertz CT molecular complexity index is 621. The first-order valence-corrected chi connectivity index (χ1v) is 10.9. The summed E-state index contributed by atoms with van der Waals surface area (Å²) in [7, 11) is -6.29. The van der Waals surface area contributed by atoms with Crippen LogP contribution in [0.2, 0.25) is 0 Å². The van der Waals surface area contributed by atoms with Crippen LogP contribution in [-0.2, 0) is 19.7 Å². The first-order valence-electron chi connectivity index (χ1n) is 6.36. The summed E-state index contributed by atoms with van der Waals surface area (Å²) >= 11 is 11.1. The van der Waals surface area contributed by atoms with E-state index in [9.17, 15) is 21.9 Å². The number of hydrogen-bond acceptors (Lipinski definition) is 6. The molecule has 0 spiro atoms. The van der Waals surface area contributed by atoms with E-state index in [1.165, 1.54) is 4.90 Å². The van der Waals surface area contributed by atoms with Gasteiger partial charge in [-0.2, -0.15) is 0 Å². The average Bonchev–Trinajstić information content (AvgIpc) is 2.80. The number of aliphatic hydroxyl groups is 1. The molecular formula is C10H17ClN2O5S3. The van der Waals surface area contributed by atoms with Crippen molar-refractivity contribution in [2.75, 3.05) is 29.7 Å². The van der Waals surface area contributed by atoms with Crippen LogP contribution < -0.4 is 5.32 Å². The smallest absolute Gasteiger partial charge is 0.171 e. The number of sulfone groups is 2. The van der Waals surface area contributed by atoms with Gasteiger partial charge >= 0.3 is 0 Å². The lowest BCUT2D eigenvalue weighted by molar-refractivity contribution is 0.140. The standard InChI is InChI=1S/C10H17ClN2O5S3/c11-8-4-21(17,18)5-9(8)12-10(19)13(6-14)7-1-2-20(15,16)3-7/h7-9,14H,1-6H2,(H,12,19). The van der Waals surface area contributed by atoms with Crippen LogP contribution in [0.4, 0.5) is 0 Å². The Morgan fingerprint density at radius 3 is 2.33 bits per heavy atom. The van der Waals surface area contributed by atoms with E-state index in [0.717, 1.165) is 0 Å². The van der Waals surface area contributed by atoms with Crippen molar-refractivity contribution in [1.29, 1.82) is 0 Å². The minimum absolute atomic E-state index is 0.0622. The SMILES string of the molecule is O=S1(=O)CC(Cl)C(NC(=S)N(CO)C2CCS(=O)(=O)C2)C1. The Morgan fingerprint density at radius 1 is 1.24 bits per heavy atom. The van der Waals surface area contributed by atoms with Crippen LogP contribution >= 0.6 is 23.8 Å². The first kappa shape index (κ1) is 17.2. The van der Waals surface area contributed by atoms with Gasteiger partial charge in [0.1, 0.15) is 6.73 Å². The summed E-state index contributed by atoms with van der Waals surface area (Å²) < 4.78 is 46.0. The zero-order valence-corrected chi connectivity index (χ0v) is 14.3. The van der Waals surface area contributed by atoms with E-state index >= 15 is 0 Å². The maximum Gasteiger partial charge on any atom is 0.171 e. The van der Waals surface area contributed by atoms with Crippen molar-refractivity contribution >= 4 is 48.6 Å². The number of alkyl halides is 1. The Morgan fingerprint density at radius 2 is 1.90 bits per heavy atom. The Labute approximate surface area is 134 Å². The van der Waals surface area contributed by atoms with E-state index in [4.69, 9.17) is 23.8 Å². The molecule has 7 nitrogen and oxygen atoms in total. The Balaban J connectivity index is 2.01. The molecule has 2 saturated heterocycles. The van der Waals surface area contributed by atoms with E-state index in [-0.39, 0.29) is 28.1 Å². The zero-order chi connectivity index (χ0) is 15.8. The highest BCUT2D eigenvalue weighted by atomic mass is 35.5. The summed E-state index contributed by atoms with van der Waals surface area (Å²) in [6, 6.07) is -0.928. The molecule has 0 saturated carbocycles. The van der Waals surface area contributed by atoms with Crippen LogP contribution in [0.15, 0.2) is 0 Å². The van der Waals surface area contributed by atoms with Crippen LogP contribution in [0.25, 0.3) is 0 Å². The van der Waals surface area contributed by atoms with Crippen LogP contribution in [0.1, 0.15) is 6.42 Å². The predicted octanol–water partition coefficient (Wildman–Crippen LogP) is -1.30. The fourth-order valence-corrected chi connectivity index (χ4v) is 7.18. The maximum absolute atomic E-state index is 11.5. The van der Waals surface area contributed by atoms with Crippen molar-refractivity contribution in [3.63, 3.8) is 0 Å². The summed E-state index contributed by atoms with van der Waals surface area (Å²) in [5.74, 6) is -0.245. The number of thiocarbonyl (C=S) groups is 1. The van der Waals surface area contributed by atoms with Crippen LogP contribution in [0.3, 0.4) is 0 Å². The minimum atomic E-state index is -3.19. The highest BCUT2D eigenvalue weighted by Gasteiger charge is 2.39. The number of rotatable bonds is 3. The summed E-state index contributed by atoms with van der Waals surface area (Å²) in [5.41, 5.74) is 0. The molecule has 122 valence electrons. The van der Waals surface area contributed by atoms with Crippen molar-refractivity contribution in [2.24, 2.45) is 0 Å². The van der Waals surface area contributed by atoms with Gasteiger partial charge in [-0.3, -0.25) is 0 Å². The molecule has 0 bridgehead atoms. The predicted molar refractivity (Wildman–Crippen MR) is 83.8 cm³/mol. The zero-order valence-electron chi connectivity index (χ0n) is 11.1. The highest BCUT2D eigenvalue weighted by Crippen LogP contribution is 2.20. The highest BCUT2D eigenvalue weighted by molar-refractivity contribution is 7.92. The molecule has 0 aromatic heterocycles. The van der Waals surface area contributed by atoms with E-state index in [1.807, 2.05) is 0 Å². The van der Waals surface area contributed by atoms with Crippen LogP contribution in [0.5, 0.6) is 0 Å². The lowest BCUT2D eigenvalue weighted by atomic mass is 10.2. The number of nitrogens with zero attached hydrogens (tertiary/aromatic N) is 1. The van der Waals surface area contributed by atoms with Gasteiger partial charge < -0.3 is 15.3 Å². The van der Waals surface area contributed by atoms with Gasteiger partial charge in [-0.15, -0.1) is 11.6 Å². The van der Waals surface area contributed by atoms with Crippen molar-refractivity contribution in [3.05, 3.63) is 0 Å². The van der Waals surface area contributed by atoms with Crippen molar-refractivity contribution in [3.8, 4) is 0 Å². The molecule has 21 heavy (non-hydrogen) atoms. The van der Waals surface area contributed by atoms with E-state index < -0.39 is 43.9 Å². The fraction of sp³-hybridized carbons (Fsp3) is 0.900. The second-order valence-electron chi connectivity index (χ2n) is 5.32. The van der Waals surface area contributed by atoms with Gasteiger partial charge in [-0.05, 0) is 18.6 Å². The number of hydrogen-bond donors (Lipinski definition) is 2. The van der Waals surface area contributed by atoms with Gasteiger partial charge in [-0.25, -0.2) is 16.8 Å². The molecule has 0 aromatic rings. The molecule has 2 rings (SSSR count). The fourth-order valence-electron chi connectivity index (χ4n) is 2.55. The maximum atomic E-state index is 11.5. The lowest BCUT2D eigenvalue weighted by Gasteiger charge is -2.30. The van der Waals surface area contributed by atoms with Crippen molar-refractivity contribution in [2.45, 2.75) is 23.9 Å². The van der Waals surface area contributed by atoms with Gasteiger partial charge in [0.25, 0.3) is 0 Å². The van der Waals surface area contributed by atoms with Gasteiger partial charge in [0.05, 0.1) is 34.4 Å². The molecule has 2 fully saturated rings. The molecule has 0 amide bonds. The number of halogens is 1. The molecule has 2 N–H and O–H groups in total. The molecule has 3 unspecified atom stereocenters. The topological polar surface area (TPSA) is 104 Å². The van der Waals surface area contributed by atoms with Crippen molar-refractivity contribution in [1.82, 2.24) is 10.2 Å². The van der Waals surface area contributed by atoms with Gasteiger partial charge in [0.2, 0.25) is 0 Å². The third-order valence-electron chi connectivity index (χ3n) is 3.65. The summed E-state index contributed by atoms with van der Waals surface area (Å²) in [6.45, 7) is -0.432. The number of aliphatic hydroxyl groups excluding tert-OH is 1. The lowest BCUT2D eigenvalue weighted by Crippen LogP contribution is -2.52. The normalized spacial score (nSPS) is 33.7. The summed E-state index contributed by atoms with van der Waals surface area (Å²) in [5, 5.41) is 11.8. The van der Waals surface area contributed by atoms with Gasteiger partial charge in [0, 0.05) is 6.04 Å². The molecule has 2 aliphatic rings. The second-order valence-corrected chi connectivity index (χ2v) is 10.6. The number of nitrogens with one attached hydrogen (secondary N) is 1. The first-order chi connectivity index (χ1) is 9.63. The Hall–Kier alpha value is -0.160. The van der Waals surface area contributed by atoms with Crippen molar-refractivity contribution < 1.29 is 21.9 Å². The van der Waals surface area contributed by atoms with E-state index in [1.54, 1.807) is 0 Å². The molecule has 2 aliphatic heterocycles. The summed E-state index contributed by atoms with van der Waals surface area (Å²) in [6.07, 6.45) is 0.387. The largest absolute Gasteiger partial charge is 0.376 e. The average molecular weight is 377 g/mol. The van der Waals surface area contributed by atoms with Crippen LogP contribution in [0, 0.1) is 0 Å². The molecule has 0 radical (unpaired) electrons. The van der Waals surface area contributed by atoms with Gasteiger partial charge in [0.15, 0.2) is 24.8 Å². The molecule has 2 heterocycles. The molecule has 3 atom stereocenters. The van der Waals surface area contributed by atoms with Crippen LogP contribution in [-0.4, -0.2) is 79.2 Å². The molecule has 0 aliphatic carbocycles. The van der Waals surface area contributed by atoms with E-state index in [0.29, 0.717) is 6.42 Å².